The summed E-state index contributed by atoms with van der Waals surface area (Å²) in [5, 5.41) is 7.20. The summed E-state index contributed by atoms with van der Waals surface area (Å²) in [6.07, 6.45) is 5.47. The van der Waals surface area contributed by atoms with Crippen LogP contribution in [0.2, 0.25) is 0 Å². The van der Waals surface area contributed by atoms with E-state index in [1.54, 1.807) is 6.20 Å². The van der Waals surface area contributed by atoms with Gasteiger partial charge < -0.3 is 4.90 Å². The van der Waals surface area contributed by atoms with Gasteiger partial charge in [-0.05, 0) is 31.1 Å². The highest BCUT2D eigenvalue weighted by molar-refractivity contribution is 5.99. The van der Waals surface area contributed by atoms with Crippen molar-refractivity contribution < 1.29 is 4.79 Å². The van der Waals surface area contributed by atoms with E-state index in [4.69, 9.17) is 0 Å². The summed E-state index contributed by atoms with van der Waals surface area (Å²) >= 11 is 0. The van der Waals surface area contributed by atoms with Gasteiger partial charge in [0.1, 0.15) is 0 Å². The molecule has 2 aliphatic rings. The lowest BCUT2D eigenvalue weighted by molar-refractivity contribution is 0.0705. The second kappa shape index (κ2) is 7.85. The highest BCUT2D eigenvalue weighted by Gasteiger charge is 2.34. The maximum Gasteiger partial charge on any atom is 0.257 e. The van der Waals surface area contributed by atoms with Gasteiger partial charge in [0.05, 0.1) is 17.5 Å². The summed E-state index contributed by atoms with van der Waals surface area (Å²) in [5.74, 6) is 1.52. The number of aromatic amines is 1. The topological polar surface area (TPSA) is 52.2 Å². The van der Waals surface area contributed by atoms with Crippen molar-refractivity contribution in [1.29, 1.82) is 0 Å². The van der Waals surface area contributed by atoms with Gasteiger partial charge in [0.25, 0.3) is 5.91 Å². The molecule has 1 N–H and O–H groups in total. The van der Waals surface area contributed by atoms with Crippen molar-refractivity contribution in [2.75, 3.05) is 26.2 Å². The second-order valence-corrected chi connectivity index (χ2v) is 8.38. The number of rotatable bonds is 5. The molecule has 2 aromatic rings. The summed E-state index contributed by atoms with van der Waals surface area (Å²) < 4.78 is 0. The molecule has 0 spiro atoms. The molecule has 4 rings (SSSR count). The number of benzene rings is 1. The molecule has 0 radical (unpaired) electrons. The van der Waals surface area contributed by atoms with Crippen LogP contribution in [0.3, 0.4) is 0 Å². The van der Waals surface area contributed by atoms with E-state index in [1.165, 1.54) is 19.4 Å². The molecule has 1 atom stereocenters. The number of nitrogens with one attached hydrogen (secondary N) is 1. The molecule has 1 saturated carbocycles. The Morgan fingerprint density at radius 1 is 1.22 bits per heavy atom. The highest BCUT2D eigenvalue weighted by Crippen LogP contribution is 2.32. The molecule has 2 heterocycles. The SMILES string of the molecule is CC(C)C1CN(C(=O)c2cn[nH]c2-c2ccccc2)CCCN1CC1CC1. The molecular weight excluding hydrogens is 336 g/mol. The third kappa shape index (κ3) is 4.08. The van der Waals surface area contributed by atoms with Gasteiger partial charge >= 0.3 is 0 Å². The van der Waals surface area contributed by atoms with Gasteiger partial charge in [0.15, 0.2) is 0 Å². The molecule has 1 aliphatic carbocycles. The van der Waals surface area contributed by atoms with Gasteiger partial charge in [-0.2, -0.15) is 5.10 Å². The monoisotopic (exact) mass is 366 g/mol. The lowest BCUT2D eigenvalue weighted by Gasteiger charge is -2.34. The van der Waals surface area contributed by atoms with Gasteiger partial charge in [0, 0.05) is 37.8 Å². The first-order valence-electron chi connectivity index (χ1n) is 10.3. The number of hydrogen-bond donors (Lipinski definition) is 1. The third-order valence-corrected chi connectivity index (χ3v) is 5.93. The lowest BCUT2D eigenvalue weighted by Crippen LogP contribution is -2.46. The number of aromatic nitrogens is 2. The highest BCUT2D eigenvalue weighted by atomic mass is 16.2. The molecule has 144 valence electrons. The minimum absolute atomic E-state index is 0.0986. The van der Waals surface area contributed by atoms with Crippen LogP contribution in [0.25, 0.3) is 11.3 Å². The Hall–Kier alpha value is -2.14. The van der Waals surface area contributed by atoms with Crippen molar-refractivity contribution in [3.63, 3.8) is 0 Å². The maximum absolute atomic E-state index is 13.4. The van der Waals surface area contributed by atoms with Gasteiger partial charge in [-0.25, -0.2) is 0 Å². The molecule has 1 aromatic carbocycles. The molecule has 2 fully saturated rings. The van der Waals surface area contributed by atoms with Gasteiger partial charge in [-0.3, -0.25) is 14.8 Å². The molecule has 1 aromatic heterocycles. The minimum atomic E-state index is 0.0986. The Labute approximate surface area is 161 Å². The quantitative estimate of drug-likeness (QED) is 0.879. The molecule has 1 amide bonds. The second-order valence-electron chi connectivity index (χ2n) is 8.38. The summed E-state index contributed by atoms with van der Waals surface area (Å²) in [7, 11) is 0. The van der Waals surface area contributed by atoms with Crippen molar-refractivity contribution in [3.05, 3.63) is 42.1 Å². The first kappa shape index (κ1) is 18.2. The zero-order valence-electron chi connectivity index (χ0n) is 16.4. The predicted molar refractivity (Wildman–Crippen MR) is 107 cm³/mol. The zero-order chi connectivity index (χ0) is 18.8. The minimum Gasteiger partial charge on any atom is -0.337 e. The number of carbonyl (C=O) groups excluding carboxylic acids is 1. The number of amides is 1. The Morgan fingerprint density at radius 2 is 2.00 bits per heavy atom. The van der Waals surface area contributed by atoms with E-state index in [0.717, 1.165) is 43.2 Å². The van der Waals surface area contributed by atoms with Crippen molar-refractivity contribution in [2.45, 2.75) is 39.2 Å². The van der Waals surface area contributed by atoms with E-state index in [0.29, 0.717) is 17.5 Å². The van der Waals surface area contributed by atoms with E-state index in [9.17, 15) is 4.79 Å². The van der Waals surface area contributed by atoms with Crippen LogP contribution in [-0.2, 0) is 0 Å². The lowest BCUT2D eigenvalue weighted by atomic mass is 10.0. The van der Waals surface area contributed by atoms with Crippen LogP contribution >= 0.6 is 0 Å². The van der Waals surface area contributed by atoms with Crippen molar-refractivity contribution in [1.82, 2.24) is 20.0 Å². The molecule has 5 heteroatoms. The largest absolute Gasteiger partial charge is 0.337 e. The predicted octanol–water partition coefficient (Wildman–Crippen LogP) is 3.66. The molecular formula is C22H30N4O. The Morgan fingerprint density at radius 3 is 2.70 bits per heavy atom. The van der Waals surface area contributed by atoms with Crippen molar-refractivity contribution in [3.8, 4) is 11.3 Å². The van der Waals surface area contributed by atoms with Crippen LogP contribution in [0.5, 0.6) is 0 Å². The van der Waals surface area contributed by atoms with Crippen molar-refractivity contribution in [2.24, 2.45) is 11.8 Å². The molecule has 1 saturated heterocycles. The molecule has 5 nitrogen and oxygen atoms in total. The summed E-state index contributed by atoms with van der Waals surface area (Å²) in [4.78, 5) is 18.1. The van der Waals surface area contributed by atoms with Crippen LogP contribution in [0, 0.1) is 11.8 Å². The fourth-order valence-corrected chi connectivity index (χ4v) is 4.18. The van der Waals surface area contributed by atoms with Crippen LogP contribution in [0.15, 0.2) is 36.5 Å². The van der Waals surface area contributed by atoms with Crippen LogP contribution in [-0.4, -0.2) is 58.1 Å². The molecule has 0 bridgehead atoms. The zero-order valence-corrected chi connectivity index (χ0v) is 16.4. The van der Waals surface area contributed by atoms with Gasteiger partial charge in [-0.15, -0.1) is 0 Å². The van der Waals surface area contributed by atoms with Crippen LogP contribution in [0.1, 0.15) is 43.5 Å². The first-order valence-corrected chi connectivity index (χ1v) is 10.3. The molecule has 1 aliphatic heterocycles. The Balaban J connectivity index is 1.54. The Kier molecular flexibility index (Phi) is 5.30. The summed E-state index contributed by atoms with van der Waals surface area (Å²) in [5.41, 5.74) is 2.50. The third-order valence-electron chi connectivity index (χ3n) is 5.93. The number of nitrogens with zero attached hydrogens (tertiary/aromatic N) is 3. The number of H-pyrrole nitrogens is 1. The van der Waals surface area contributed by atoms with E-state index < -0.39 is 0 Å². The van der Waals surface area contributed by atoms with E-state index in [1.807, 2.05) is 30.3 Å². The van der Waals surface area contributed by atoms with Crippen molar-refractivity contribution >= 4 is 5.91 Å². The standard InChI is InChI=1S/C22H30N4O/c1-16(2)20-15-26(12-6-11-25(20)14-17-9-10-17)22(27)19-13-23-24-21(19)18-7-4-3-5-8-18/h3-5,7-8,13,16-17,20H,6,9-12,14-15H2,1-2H3,(H,23,24). The van der Waals surface area contributed by atoms with E-state index in [2.05, 4.69) is 33.8 Å². The summed E-state index contributed by atoms with van der Waals surface area (Å²) in [6, 6.07) is 10.4. The molecule has 1 unspecified atom stereocenters. The van der Waals surface area contributed by atoms with Crippen LogP contribution in [0.4, 0.5) is 0 Å². The smallest absolute Gasteiger partial charge is 0.257 e. The van der Waals surface area contributed by atoms with Gasteiger partial charge in [-0.1, -0.05) is 44.2 Å². The molecule has 27 heavy (non-hydrogen) atoms. The Bertz CT molecular complexity index is 766. The summed E-state index contributed by atoms with van der Waals surface area (Å²) in [6.45, 7) is 8.49. The van der Waals surface area contributed by atoms with E-state index in [-0.39, 0.29) is 5.91 Å². The maximum atomic E-state index is 13.4. The average molecular weight is 367 g/mol. The number of hydrogen-bond acceptors (Lipinski definition) is 3. The number of carbonyl (C=O) groups is 1. The average Bonchev–Trinajstić information content (AvgIpc) is 3.40. The fraction of sp³-hybridized carbons (Fsp3) is 0.545. The first-order chi connectivity index (χ1) is 13.1. The van der Waals surface area contributed by atoms with Gasteiger partial charge in [0.2, 0.25) is 0 Å². The fourth-order valence-electron chi connectivity index (χ4n) is 4.18. The van der Waals surface area contributed by atoms with Crippen LogP contribution < -0.4 is 0 Å². The van der Waals surface area contributed by atoms with E-state index >= 15 is 0 Å². The normalized spacial score (nSPS) is 21.4.